The molecular weight excluding hydrogens is 348 g/mol. The largest absolute Gasteiger partial charge is 0.394 e. The average Bonchev–Trinajstić information content (AvgIpc) is 3.25. The number of hydrogen-bond donors (Lipinski definition) is 1. The Morgan fingerprint density at radius 1 is 1.20 bits per heavy atom. The highest BCUT2D eigenvalue weighted by Gasteiger charge is 2.59. The van der Waals surface area contributed by atoms with E-state index in [2.05, 4.69) is 0 Å². The predicted octanol–water partition coefficient (Wildman–Crippen LogP) is 1.47. The van der Waals surface area contributed by atoms with Gasteiger partial charge in [0, 0.05) is 12.8 Å². The second-order valence-electron chi connectivity index (χ2n) is 6.87. The SMILES string of the molecule is Cc1ccc(S(=O)(=O)O[C@@H]2[C@H]3OC4(CCCC4)O[C@H]3O[C@@H]2CO)cc1. The molecule has 1 aromatic rings. The van der Waals surface area contributed by atoms with Crippen molar-refractivity contribution in [2.75, 3.05) is 6.61 Å². The van der Waals surface area contributed by atoms with Crippen LogP contribution in [0.5, 0.6) is 0 Å². The minimum atomic E-state index is -4.00. The summed E-state index contributed by atoms with van der Waals surface area (Å²) in [5, 5.41) is 9.54. The summed E-state index contributed by atoms with van der Waals surface area (Å²) >= 11 is 0. The molecule has 1 N–H and O–H groups in total. The van der Waals surface area contributed by atoms with Gasteiger partial charge in [0.25, 0.3) is 10.1 Å². The number of hydrogen-bond acceptors (Lipinski definition) is 7. The zero-order valence-corrected chi connectivity index (χ0v) is 14.8. The van der Waals surface area contributed by atoms with Gasteiger partial charge in [0.1, 0.15) is 18.3 Å². The third kappa shape index (κ3) is 3.11. The van der Waals surface area contributed by atoms with Gasteiger partial charge in [-0.1, -0.05) is 17.7 Å². The van der Waals surface area contributed by atoms with Gasteiger partial charge >= 0.3 is 0 Å². The maximum atomic E-state index is 12.6. The Labute approximate surface area is 147 Å². The number of fused-ring (bicyclic) bond motifs is 1. The summed E-state index contributed by atoms with van der Waals surface area (Å²) in [6.45, 7) is 1.50. The molecule has 0 aromatic heterocycles. The molecule has 7 nitrogen and oxygen atoms in total. The van der Waals surface area contributed by atoms with Crippen LogP contribution in [0.2, 0.25) is 0 Å². The summed E-state index contributed by atoms with van der Waals surface area (Å²) in [4.78, 5) is 0.0627. The van der Waals surface area contributed by atoms with Crippen LogP contribution in [0.15, 0.2) is 29.2 Å². The topological polar surface area (TPSA) is 91.3 Å². The molecule has 3 aliphatic rings. The summed E-state index contributed by atoms with van der Waals surface area (Å²) in [7, 11) is -4.00. The van der Waals surface area contributed by atoms with Crippen LogP contribution in [-0.2, 0) is 28.5 Å². The van der Waals surface area contributed by atoms with Gasteiger partial charge in [0.05, 0.1) is 11.5 Å². The van der Waals surface area contributed by atoms with Crippen LogP contribution in [0.1, 0.15) is 31.2 Å². The number of aryl methyl sites for hydroxylation is 1. The Morgan fingerprint density at radius 3 is 2.52 bits per heavy atom. The molecule has 8 heteroatoms. The molecule has 0 amide bonds. The maximum absolute atomic E-state index is 12.6. The Morgan fingerprint density at radius 2 is 1.88 bits per heavy atom. The Kier molecular flexibility index (Phi) is 4.38. The molecule has 138 valence electrons. The standard InChI is InChI=1S/C17H22O7S/c1-11-4-6-12(7-5-11)25(19,20)24-14-13(10-18)21-16-15(14)22-17(23-16)8-2-3-9-17/h4-7,13-16,18H,2-3,8-10H2,1H3/t13-,14+,15-,16-/m1/s1. The Bertz CT molecular complexity index is 724. The zero-order valence-electron chi connectivity index (χ0n) is 14.0. The predicted molar refractivity (Wildman–Crippen MR) is 86.1 cm³/mol. The van der Waals surface area contributed by atoms with Crippen LogP contribution in [0, 0.1) is 6.92 Å². The van der Waals surface area contributed by atoms with Crippen LogP contribution >= 0.6 is 0 Å². The van der Waals surface area contributed by atoms with E-state index in [1.165, 1.54) is 12.1 Å². The molecule has 2 heterocycles. The van der Waals surface area contributed by atoms with E-state index in [1.54, 1.807) is 12.1 Å². The minimum absolute atomic E-state index is 0.0627. The molecule has 1 aliphatic carbocycles. The smallest absolute Gasteiger partial charge is 0.297 e. The second-order valence-corrected chi connectivity index (χ2v) is 8.44. The van der Waals surface area contributed by atoms with E-state index in [-0.39, 0.29) is 11.5 Å². The Hall–Kier alpha value is -1.03. The third-order valence-electron chi connectivity index (χ3n) is 5.04. The first-order valence-corrected chi connectivity index (χ1v) is 9.95. The first kappa shape index (κ1) is 17.4. The second kappa shape index (κ2) is 6.29. The molecule has 4 rings (SSSR count). The van der Waals surface area contributed by atoms with Crippen molar-refractivity contribution >= 4 is 10.1 Å². The number of aliphatic hydroxyl groups excluding tert-OH is 1. The molecule has 1 aromatic carbocycles. The van der Waals surface area contributed by atoms with Crippen molar-refractivity contribution in [1.29, 1.82) is 0 Å². The van der Waals surface area contributed by atoms with E-state index >= 15 is 0 Å². The third-order valence-corrected chi connectivity index (χ3v) is 6.37. The molecule has 25 heavy (non-hydrogen) atoms. The van der Waals surface area contributed by atoms with Crippen molar-refractivity contribution in [3.63, 3.8) is 0 Å². The number of aliphatic hydroxyl groups is 1. The number of rotatable bonds is 4. The van der Waals surface area contributed by atoms with E-state index in [0.29, 0.717) is 0 Å². The summed E-state index contributed by atoms with van der Waals surface area (Å²) in [6, 6.07) is 6.40. The minimum Gasteiger partial charge on any atom is -0.394 e. The van der Waals surface area contributed by atoms with Gasteiger partial charge < -0.3 is 19.3 Å². The summed E-state index contributed by atoms with van der Waals surface area (Å²) in [6.07, 6.45) is 0.362. The normalized spacial score (nSPS) is 33.8. The molecule has 1 spiro atoms. The molecular formula is C17H22O7S. The van der Waals surface area contributed by atoms with Crippen LogP contribution in [0.4, 0.5) is 0 Å². The Balaban J connectivity index is 1.56. The quantitative estimate of drug-likeness (QED) is 0.803. The first-order chi connectivity index (χ1) is 11.9. The monoisotopic (exact) mass is 370 g/mol. The zero-order chi connectivity index (χ0) is 17.7. The van der Waals surface area contributed by atoms with E-state index in [9.17, 15) is 13.5 Å². The van der Waals surface area contributed by atoms with E-state index in [4.69, 9.17) is 18.4 Å². The molecule has 0 bridgehead atoms. The molecule has 2 saturated heterocycles. The van der Waals surface area contributed by atoms with Gasteiger partial charge in [-0.05, 0) is 31.9 Å². The van der Waals surface area contributed by atoms with E-state index in [0.717, 1.165) is 31.2 Å². The highest BCUT2D eigenvalue weighted by atomic mass is 32.2. The van der Waals surface area contributed by atoms with Crippen molar-refractivity contribution in [3.8, 4) is 0 Å². The van der Waals surface area contributed by atoms with Crippen LogP contribution in [0.3, 0.4) is 0 Å². The highest BCUT2D eigenvalue weighted by molar-refractivity contribution is 7.86. The molecule has 2 aliphatic heterocycles. The van der Waals surface area contributed by atoms with Gasteiger partial charge in [0.2, 0.25) is 0 Å². The van der Waals surface area contributed by atoms with Crippen LogP contribution in [0.25, 0.3) is 0 Å². The lowest BCUT2D eigenvalue weighted by Crippen LogP contribution is -2.40. The lowest BCUT2D eigenvalue weighted by molar-refractivity contribution is -0.230. The lowest BCUT2D eigenvalue weighted by atomic mass is 10.1. The summed E-state index contributed by atoms with van der Waals surface area (Å²) < 4.78 is 48.2. The van der Waals surface area contributed by atoms with Crippen molar-refractivity contribution in [1.82, 2.24) is 0 Å². The van der Waals surface area contributed by atoms with Gasteiger partial charge in [-0.2, -0.15) is 8.42 Å². The van der Waals surface area contributed by atoms with Gasteiger partial charge in [-0.25, -0.2) is 0 Å². The van der Waals surface area contributed by atoms with Crippen molar-refractivity contribution in [3.05, 3.63) is 29.8 Å². The fourth-order valence-electron chi connectivity index (χ4n) is 3.72. The summed E-state index contributed by atoms with van der Waals surface area (Å²) in [5.74, 6) is -0.703. The fraction of sp³-hybridized carbons (Fsp3) is 0.647. The van der Waals surface area contributed by atoms with Gasteiger partial charge in [0.15, 0.2) is 12.1 Å². The maximum Gasteiger partial charge on any atom is 0.297 e. The van der Waals surface area contributed by atoms with Crippen molar-refractivity contribution in [2.45, 2.75) is 67.9 Å². The number of ether oxygens (including phenoxy) is 3. The van der Waals surface area contributed by atoms with Gasteiger partial charge in [-0.3, -0.25) is 4.18 Å². The van der Waals surface area contributed by atoms with Gasteiger partial charge in [-0.15, -0.1) is 0 Å². The molecule has 0 radical (unpaired) electrons. The van der Waals surface area contributed by atoms with Crippen LogP contribution in [-0.4, -0.2) is 50.5 Å². The van der Waals surface area contributed by atoms with Crippen molar-refractivity contribution < 1.29 is 31.9 Å². The molecule has 3 fully saturated rings. The number of benzene rings is 1. The van der Waals surface area contributed by atoms with E-state index < -0.39 is 40.5 Å². The molecule has 1 saturated carbocycles. The fourth-order valence-corrected chi connectivity index (χ4v) is 4.82. The average molecular weight is 370 g/mol. The summed E-state index contributed by atoms with van der Waals surface area (Å²) in [5.41, 5.74) is 0.951. The van der Waals surface area contributed by atoms with E-state index in [1.807, 2.05) is 6.92 Å². The first-order valence-electron chi connectivity index (χ1n) is 8.54. The molecule has 4 atom stereocenters. The van der Waals surface area contributed by atoms with Crippen LogP contribution < -0.4 is 0 Å². The van der Waals surface area contributed by atoms with Crippen molar-refractivity contribution in [2.24, 2.45) is 0 Å². The molecule has 0 unspecified atom stereocenters. The highest BCUT2D eigenvalue weighted by Crippen LogP contribution is 2.47. The lowest BCUT2D eigenvalue weighted by Gasteiger charge is -2.27.